The average Bonchev–Trinajstić information content (AvgIpc) is 0.855. The molecule has 37 heteroatoms. The van der Waals surface area contributed by atoms with Crippen molar-refractivity contribution in [2.75, 3.05) is 84.8 Å². The third-order valence-corrected chi connectivity index (χ3v) is 16.4. The Hall–Kier alpha value is -7.95. The van der Waals surface area contributed by atoms with E-state index in [-0.39, 0.29) is 122 Å². The molecular weight excluding hydrogens is 1350 g/mol. The number of benzene rings is 6. The van der Waals surface area contributed by atoms with E-state index in [1.54, 1.807) is 74.5 Å². The SMILES string of the molecule is Cc1cc(NC(=O)Nc2cc(C)c(N=Nc3ccc(N=Nc4cccc(OCCCS(=O)(=O)O)c4)cc3OCCCS(=O)(=O)O)cc2OCCCS(=O)(=O)O)c(OCCCS(=O)(=O)O)cc1N=Nc1ccc(N=Nc2cccc(OCCCSO)c2)cc1OCCCSO. The summed E-state index contributed by atoms with van der Waals surface area (Å²) in [6.45, 7) is 3.10. The lowest BCUT2D eigenvalue weighted by molar-refractivity contribution is 0.261. The van der Waals surface area contributed by atoms with Crippen LogP contribution in [0, 0.1) is 13.8 Å². The predicted octanol–water partition coefficient (Wildman–Crippen LogP) is 14.2. The minimum Gasteiger partial charge on any atom is -0.493 e. The standard InChI is InChI=1S/C57H68N10O21S6/c1-39-31-51(55(87-23-9-29-93(77,78)79)37-49(39)66-64-47-17-15-43(35-53(47)85-20-6-26-90-70)62-60-41-11-3-13-45(33-41)83-19-5-25-89-69)58-57(68)59-52-32-40(2)50(38-56(52)88-24-10-30-94(80,81)82)67-65-48-18-16-44(36-54(48)86-22-8-28-92(74,75)76)63-61-42-12-4-14-46(34-42)84-21-7-27-91(71,72)73/h3-4,11-18,31-38,69-70H,5-10,19-30H2,1-2H3,(H2,58,59,68)(H,71,72,73)(H,74,75,76)(H,77,78,79)(H,80,81,82). The molecule has 0 aliphatic heterocycles. The summed E-state index contributed by atoms with van der Waals surface area (Å²) in [5.74, 6) is -0.292. The van der Waals surface area contributed by atoms with Gasteiger partial charge in [-0.25, -0.2) is 4.79 Å². The van der Waals surface area contributed by atoms with Crippen molar-refractivity contribution in [3.63, 3.8) is 0 Å². The number of carbonyl (C=O) groups excluding carboxylic acids is 1. The Balaban J connectivity index is 1.26. The maximum atomic E-state index is 14.1. The second-order valence-electron chi connectivity index (χ2n) is 20.0. The molecule has 8 N–H and O–H groups in total. The molecule has 0 fully saturated rings. The number of carbonyl (C=O) groups is 1. The fourth-order valence-corrected chi connectivity index (χ4v) is 10.3. The lowest BCUT2D eigenvalue weighted by Crippen LogP contribution is -2.21. The summed E-state index contributed by atoms with van der Waals surface area (Å²) in [6.07, 6.45) is 0.673. The van der Waals surface area contributed by atoms with Crippen LogP contribution in [0.15, 0.2) is 150 Å². The third kappa shape index (κ3) is 28.7. The molecule has 2 amide bonds. The van der Waals surface area contributed by atoms with Crippen LogP contribution in [-0.4, -0.2) is 141 Å². The molecule has 0 spiro atoms. The summed E-state index contributed by atoms with van der Waals surface area (Å²) in [4.78, 5) is 14.1. The Morgan fingerprint density at radius 2 is 0.702 bits per heavy atom. The van der Waals surface area contributed by atoms with Crippen LogP contribution in [0.5, 0.6) is 34.5 Å². The van der Waals surface area contributed by atoms with Crippen LogP contribution in [0.3, 0.4) is 0 Å². The number of anilines is 2. The van der Waals surface area contributed by atoms with E-state index in [1.807, 2.05) is 0 Å². The number of amides is 2. The average molecular weight is 1420 g/mol. The van der Waals surface area contributed by atoms with Gasteiger partial charge in [0.15, 0.2) is 0 Å². The number of urea groups is 1. The maximum absolute atomic E-state index is 14.1. The molecule has 0 bridgehead atoms. The van der Waals surface area contributed by atoms with E-state index in [0.29, 0.717) is 82.7 Å². The zero-order valence-corrected chi connectivity index (χ0v) is 55.4. The number of rotatable bonds is 40. The fraction of sp³-hybridized carbons (Fsp3) is 0.351. The molecule has 31 nitrogen and oxygen atoms in total. The lowest BCUT2D eigenvalue weighted by Gasteiger charge is -2.17. The quantitative estimate of drug-likeness (QED) is 0.00766. The molecule has 6 aromatic carbocycles. The van der Waals surface area contributed by atoms with Crippen molar-refractivity contribution in [3.8, 4) is 34.5 Å². The van der Waals surface area contributed by atoms with Crippen LogP contribution in [-0.2, 0) is 40.5 Å². The summed E-state index contributed by atoms with van der Waals surface area (Å²) in [5.41, 5.74) is 3.22. The topological polar surface area (TPSA) is 453 Å². The first-order valence-electron chi connectivity index (χ1n) is 28.3. The maximum Gasteiger partial charge on any atom is 0.323 e. The first-order chi connectivity index (χ1) is 44.7. The fourth-order valence-electron chi connectivity index (χ4n) is 7.84. The molecule has 0 radical (unpaired) electrons. The Kier molecular flexibility index (Phi) is 29.7. The molecule has 0 aromatic heterocycles. The summed E-state index contributed by atoms with van der Waals surface area (Å²) in [5, 5.41) is 40.3. The van der Waals surface area contributed by atoms with Crippen LogP contribution < -0.4 is 39.1 Å². The van der Waals surface area contributed by atoms with Gasteiger partial charge in [0.25, 0.3) is 40.5 Å². The molecule has 0 saturated carbocycles. The van der Waals surface area contributed by atoms with Crippen molar-refractivity contribution >= 4 is 127 Å². The summed E-state index contributed by atoms with van der Waals surface area (Å²) in [6, 6.07) is 27.6. The molecule has 0 saturated heterocycles. The minimum atomic E-state index is -4.40. The third-order valence-electron chi connectivity index (χ3n) is 12.2. The molecule has 0 aliphatic carbocycles. The van der Waals surface area contributed by atoms with Crippen LogP contribution >= 0.6 is 24.1 Å². The largest absolute Gasteiger partial charge is 0.493 e. The minimum absolute atomic E-state index is 0.00475. The van der Waals surface area contributed by atoms with Gasteiger partial charge < -0.3 is 48.2 Å². The van der Waals surface area contributed by atoms with Crippen molar-refractivity contribution in [1.82, 2.24) is 0 Å². The van der Waals surface area contributed by atoms with Gasteiger partial charge in [0.2, 0.25) is 0 Å². The Morgan fingerprint density at radius 3 is 1.06 bits per heavy atom. The van der Waals surface area contributed by atoms with Crippen molar-refractivity contribution in [2.24, 2.45) is 40.9 Å². The van der Waals surface area contributed by atoms with E-state index >= 15 is 0 Å². The number of hydrogen-bond donors (Lipinski definition) is 8. The molecule has 6 rings (SSSR count). The van der Waals surface area contributed by atoms with Crippen molar-refractivity contribution in [2.45, 2.75) is 52.4 Å². The Morgan fingerprint density at radius 1 is 0.383 bits per heavy atom. The second kappa shape index (κ2) is 37.2. The smallest absolute Gasteiger partial charge is 0.323 e. The van der Waals surface area contributed by atoms with E-state index < -0.39 is 69.5 Å². The molecule has 0 heterocycles. The Bertz CT molecular complexity index is 4130. The van der Waals surface area contributed by atoms with E-state index in [4.69, 9.17) is 37.5 Å². The highest BCUT2D eigenvalue weighted by molar-refractivity contribution is 7.93. The van der Waals surface area contributed by atoms with E-state index in [9.17, 15) is 56.7 Å². The molecule has 508 valence electrons. The van der Waals surface area contributed by atoms with Gasteiger partial charge in [-0.05, 0) is 148 Å². The van der Waals surface area contributed by atoms with Gasteiger partial charge in [-0.15, -0.1) is 10.2 Å². The van der Waals surface area contributed by atoms with Crippen molar-refractivity contribution in [3.05, 3.63) is 120 Å². The number of nitrogens with one attached hydrogen (secondary N) is 2. The normalized spacial score (nSPS) is 12.3. The number of aryl methyl sites for hydroxylation is 2. The van der Waals surface area contributed by atoms with Gasteiger partial charge in [0, 0.05) is 47.9 Å². The highest BCUT2D eigenvalue weighted by atomic mass is 32.2. The summed E-state index contributed by atoms with van der Waals surface area (Å²) < 4.78 is 182. The van der Waals surface area contributed by atoms with Gasteiger partial charge >= 0.3 is 6.03 Å². The first-order valence-corrected chi connectivity index (χ1v) is 36.7. The van der Waals surface area contributed by atoms with Gasteiger partial charge in [-0.2, -0.15) is 64.4 Å². The number of nitrogens with zero attached hydrogens (tertiary/aromatic N) is 8. The van der Waals surface area contributed by atoms with E-state index in [2.05, 4.69) is 51.5 Å². The zero-order chi connectivity index (χ0) is 68.2. The van der Waals surface area contributed by atoms with Crippen LogP contribution in [0.1, 0.15) is 49.7 Å². The zero-order valence-electron chi connectivity index (χ0n) is 50.5. The molecule has 0 unspecified atom stereocenters. The van der Waals surface area contributed by atoms with Crippen LogP contribution in [0.4, 0.5) is 61.7 Å². The molecule has 94 heavy (non-hydrogen) atoms. The Labute approximate surface area is 551 Å². The number of ether oxygens (including phenoxy) is 6. The second-order valence-corrected chi connectivity index (χ2v) is 27.6. The highest BCUT2D eigenvalue weighted by Crippen LogP contribution is 2.40. The summed E-state index contributed by atoms with van der Waals surface area (Å²) >= 11 is 1.40. The molecular formula is C57H68N10O21S6. The lowest BCUT2D eigenvalue weighted by atomic mass is 10.1. The van der Waals surface area contributed by atoms with Crippen molar-refractivity contribution in [1.29, 1.82) is 0 Å². The number of hydrogen-bond acceptors (Lipinski definition) is 27. The highest BCUT2D eigenvalue weighted by Gasteiger charge is 2.19. The van der Waals surface area contributed by atoms with Crippen LogP contribution in [0.2, 0.25) is 0 Å². The van der Waals surface area contributed by atoms with Gasteiger partial charge in [0.05, 0.1) is 108 Å². The molecule has 0 atom stereocenters. The first kappa shape index (κ1) is 75.1. The van der Waals surface area contributed by atoms with Gasteiger partial charge in [-0.1, -0.05) is 12.1 Å². The van der Waals surface area contributed by atoms with Crippen LogP contribution in [0.25, 0.3) is 0 Å². The molecule has 6 aromatic rings. The van der Waals surface area contributed by atoms with Gasteiger partial charge in [-0.3, -0.25) is 18.2 Å². The van der Waals surface area contributed by atoms with E-state index in [1.165, 1.54) is 48.5 Å². The van der Waals surface area contributed by atoms with E-state index in [0.717, 1.165) is 12.0 Å². The molecule has 0 aliphatic rings. The monoisotopic (exact) mass is 1420 g/mol. The summed E-state index contributed by atoms with van der Waals surface area (Å²) in [7, 11) is -17.3. The predicted molar refractivity (Wildman–Crippen MR) is 354 cm³/mol. The van der Waals surface area contributed by atoms with Crippen molar-refractivity contribution < 1.29 is 94.2 Å². The van der Waals surface area contributed by atoms with Gasteiger partial charge in [0.1, 0.15) is 45.9 Å². The number of azo groups is 4.